The van der Waals surface area contributed by atoms with Crippen LogP contribution in [0.25, 0.3) is 0 Å². The van der Waals surface area contributed by atoms with E-state index >= 15 is 0 Å². The van der Waals surface area contributed by atoms with Crippen LogP contribution in [0.5, 0.6) is 0 Å². The van der Waals surface area contributed by atoms with Gasteiger partial charge in [-0.2, -0.15) is 18.4 Å². The SMILES string of the molecule is Cc1ccc(Nc2ccc(C(F)(F)F)c(C#N)c2)cc1Cl. The molecule has 0 radical (unpaired) electrons. The maximum atomic E-state index is 12.7. The number of benzene rings is 2. The minimum atomic E-state index is -4.54. The molecule has 0 atom stereocenters. The number of anilines is 2. The zero-order chi connectivity index (χ0) is 15.6. The van der Waals surface area contributed by atoms with E-state index in [1.54, 1.807) is 24.3 Å². The molecule has 0 fully saturated rings. The molecular weight excluding hydrogens is 301 g/mol. The lowest BCUT2D eigenvalue weighted by atomic mass is 10.1. The van der Waals surface area contributed by atoms with Crippen LogP contribution >= 0.6 is 11.6 Å². The quantitative estimate of drug-likeness (QED) is 0.819. The highest BCUT2D eigenvalue weighted by atomic mass is 35.5. The molecule has 108 valence electrons. The van der Waals surface area contributed by atoms with Crippen LogP contribution in [0.2, 0.25) is 5.02 Å². The van der Waals surface area contributed by atoms with Gasteiger partial charge in [-0.05, 0) is 42.8 Å². The zero-order valence-electron chi connectivity index (χ0n) is 10.9. The molecular formula is C15H10ClF3N2. The molecule has 0 aliphatic rings. The molecule has 0 bridgehead atoms. The van der Waals surface area contributed by atoms with Crippen molar-refractivity contribution >= 4 is 23.0 Å². The molecule has 0 aliphatic carbocycles. The van der Waals surface area contributed by atoms with Gasteiger partial charge in [0.2, 0.25) is 0 Å². The van der Waals surface area contributed by atoms with Crippen molar-refractivity contribution in [2.75, 3.05) is 5.32 Å². The molecule has 1 N–H and O–H groups in total. The fraction of sp³-hybridized carbons (Fsp3) is 0.133. The standard InChI is InChI=1S/C15H10ClF3N2/c1-9-2-3-12(7-14(9)16)21-11-4-5-13(15(17,18)19)10(6-11)8-20/h2-7,21H,1H3. The van der Waals surface area contributed by atoms with Crippen molar-refractivity contribution < 1.29 is 13.2 Å². The van der Waals surface area contributed by atoms with E-state index in [1.165, 1.54) is 6.07 Å². The second kappa shape index (κ2) is 5.66. The first-order valence-electron chi connectivity index (χ1n) is 5.96. The average molecular weight is 311 g/mol. The fourth-order valence-electron chi connectivity index (χ4n) is 1.80. The highest BCUT2D eigenvalue weighted by Gasteiger charge is 2.33. The normalized spacial score (nSPS) is 11.0. The molecule has 0 saturated heterocycles. The molecule has 0 aromatic heterocycles. The summed E-state index contributed by atoms with van der Waals surface area (Å²) in [5.41, 5.74) is 0.546. The molecule has 2 rings (SSSR count). The third-order valence-electron chi connectivity index (χ3n) is 2.91. The van der Waals surface area contributed by atoms with Crippen LogP contribution in [0.1, 0.15) is 16.7 Å². The Kier molecular flexibility index (Phi) is 4.10. The predicted molar refractivity (Wildman–Crippen MR) is 75.6 cm³/mol. The van der Waals surface area contributed by atoms with Gasteiger partial charge < -0.3 is 5.32 Å². The Morgan fingerprint density at radius 2 is 1.71 bits per heavy atom. The smallest absolute Gasteiger partial charge is 0.355 e. The van der Waals surface area contributed by atoms with E-state index in [-0.39, 0.29) is 0 Å². The molecule has 6 heteroatoms. The van der Waals surface area contributed by atoms with Crippen molar-refractivity contribution in [1.29, 1.82) is 5.26 Å². The minimum absolute atomic E-state index is 0.388. The van der Waals surface area contributed by atoms with E-state index in [4.69, 9.17) is 16.9 Å². The lowest BCUT2D eigenvalue weighted by Gasteiger charge is -2.12. The van der Waals surface area contributed by atoms with Gasteiger partial charge in [-0.15, -0.1) is 0 Å². The molecule has 0 heterocycles. The molecule has 21 heavy (non-hydrogen) atoms. The summed E-state index contributed by atoms with van der Waals surface area (Å²) < 4.78 is 38.1. The Morgan fingerprint density at radius 1 is 1.10 bits per heavy atom. The number of alkyl halides is 3. The first-order chi connectivity index (χ1) is 9.81. The monoisotopic (exact) mass is 310 g/mol. The van der Waals surface area contributed by atoms with E-state index in [0.29, 0.717) is 16.4 Å². The number of halogens is 4. The maximum absolute atomic E-state index is 12.7. The van der Waals surface area contributed by atoms with Crippen molar-refractivity contribution in [1.82, 2.24) is 0 Å². The first-order valence-corrected chi connectivity index (χ1v) is 6.33. The third kappa shape index (κ3) is 3.47. The summed E-state index contributed by atoms with van der Waals surface area (Å²) in [5.74, 6) is 0. The van der Waals surface area contributed by atoms with Crippen LogP contribution in [-0.4, -0.2) is 0 Å². The van der Waals surface area contributed by atoms with Crippen molar-refractivity contribution in [2.24, 2.45) is 0 Å². The summed E-state index contributed by atoms with van der Waals surface area (Å²) in [6.45, 7) is 1.85. The molecule has 0 aliphatic heterocycles. The van der Waals surface area contributed by atoms with Crippen LogP contribution in [0.3, 0.4) is 0 Å². The van der Waals surface area contributed by atoms with E-state index in [2.05, 4.69) is 5.32 Å². The van der Waals surface area contributed by atoms with Gasteiger partial charge in [0.25, 0.3) is 0 Å². The number of hydrogen-bond acceptors (Lipinski definition) is 2. The number of aryl methyl sites for hydroxylation is 1. The minimum Gasteiger partial charge on any atom is -0.355 e. The number of rotatable bonds is 2. The molecule has 0 saturated carbocycles. The molecule has 0 amide bonds. The van der Waals surface area contributed by atoms with Crippen molar-refractivity contribution in [3.63, 3.8) is 0 Å². The van der Waals surface area contributed by atoms with Crippen molar-refractivity contribution in [3.05, 3.63) is 58.1 Å². The second-order valence-electron chi connectivity index (χ2n) is 4.46. The molecule has 2 nitrogen and oxygen atoms in total. The summed E-state index contributed by atoms with van der Waals surface area (Å²) in [4.78, 5) is 0. The van der Waals surface area contributed by atoms with Crippen LogP contribution < -0.4 is 5.32 Å². The summed E-state index contributed by atoms with van der Waals surface area (Å²) in [6.07, 6.45) is -4.54. The number of nitrogens with zero attached hydrogens (tertiary/aromatic N) is 1. The van der Waals surface area contributed by atoms with Crippen LogP contribution in [0, 0.1) is 18.3 Å². The van der Waals surface area contributed by atoms with Gasteiger partial charge >= 0.3 is 6.18 Å². The van der Waals surface area contributed by atoms with Gasteiger partial charge in [-0.25, -0.2) is 0 Å². The highest BCUT2D eigenvalue weighted by Crippen LogP contribution is 2.33. The van der Waals surface area contributed by atoms with Crippen LogP contribution in [0.15, 0.2) is 36.4 Å². The molecule has 0 unspecified atom stereocenters. The number of hydrogen-bond donors (Lipinski definition) is 1. The van der Waals surface area contributed by atoms with E-state index < -0.39 is 17.3 Å². The maximum Gasteiger partial charge on any atom is 0.417 e. The molecule has 2 aromatic carbocycles. The lowest BCUT2D eigenvalue weighted by molar-refractivity contribution is -0.137. The lowest BCUT2D eigenvalue weighted by Crippen LogP contribution is -2.08. The van der Waals surface area contributed by atoms with Crippen molar-refractivity contribution in [2.45, 2.75) is 13.1 Å². The van der Waals surface area contributed by atoms with E-state index in [9.17, 15) is 13.2 Å². The predicted octanol–water partition coefficient (Wildman–Crippen LogP) is 5.28. The van der Waals surface area contributed by atoms with Crippen LogP contribution in [0.4, 0.5) is 24.5 Å². The van der Waals surface area contributed by atoms with Gasteiger partial charge in [0, 0.05) is 16.4 Å². The zero-order valence-corrected chi connectivity index (χ0v) is 11.7. The first kappa shape index (κ1) is 15.2. The van der Waals surface area contributed by atoms with Gasteiger partial charge in [-0.1, -0.05) is 17.7 Å². The average Bonchev–Trinajstić information content (AvgIpc) is 2.41. The number of nitrogens with one attached hydrogen (secondary N) is 1. The Balaban J connectivity index is 2.34. The van der Waals surface area contributed by atoms with Gasteiger partial charge in [-0.3, -0.25) is 0 Å². The summed E-state index contributed by atoms with van der Waals surface area (Å²) in [5, 5.41) is 12.3. The molecule has 0 spiro atoms. The Bertz CT molecular complexity index is 718. The fourth-order valence-corrected chi connectivity index (χ4v) is 1.98. The van der Waals surface area contributed by atoms with E-state index in [0.717, 1.165) is 17.7 Å². The number of nitriles is 1. The van der Waals surface area contributed by atoms with Gasteiger partial charge in [0.1, 0.15) is 0 Å². The molecule has 2 aromatic rings. The Hall–Kier alpha value is -2.19. The second-order valence-corrected chi connectivity index (χ2v) is 4.87. The van der Waals surface area contributed by atoms with E-state index in [1.807, 2.05) is 6.92 Å². The van der Waals surface area contributed by atoms with Gasteiger partial charge in [0.05, 0.1) is 17.2 Å². The van der Waals surface area contributed by atoms with Crippen LogP contribution in [-0.2, 0) is 6.18 Å². The highest BCUT2D eigenvalue weighted by molar-refractivity contribution is 6.31. The topological polar surface area (TPSA) is 35.8 Å². The van der Waals surface area contributed by atoms with Crippen molar-refractivity contribution in [3.8, 4) is 6.07 Å². The largest absolute Gasteiger partial charge is 0.417 e. The Labute approximate surface area is 124 Å². The summed E-state index contributed by atoms with van der Waals surface area (Å²) in [7, 11) is 0. The summed E-state index contributed by atoms with van der Waals surface area (Å²) in [6, 6.07) is 10.1. The third-order valence-corrected chi connectivity index (χ3v) is 3.31. The van der Waals surface area contributed by atoms with Gasteiger partial charge in [0.15, 0.2) is 0 Å². The summed E-state index contributed by atoms with van der Waals surface area (Å²) >= 11 is 5.98. The Morgan fingerprint density at radius 3 is 2.29 bits per heavy atom.